The summed E-state index contributed by atoms with van der Waals surface area (Å²) in [6.45, 7) is 4.48. The van der Waals surface area contributed by atoms with Crippen LogP contribution in [0.2, 0.25) is 0 Å². The van der Waals surface area contributed by atoms with E-state index >= 15 is 0 Å². The fourth-order valence-electron chi connectivity index (χ4n) is 2.80. The Morgan fingerprint density at radius 3 is 2.43 bits per heavy atom. The zero-order chi connectivity index (χ0) is 16.8. The van der Waals surface area contributed by atoms with E-state index in [1.54, 1.807) is 10.8 Å². The second-order valence-corrected chi connectivity index (χ2v) is 6.43. The van der Waals surface area contributed by atoms with Crippen molar-refractivity contribution >= 4 is 0 Å². The highest BCUT2D eigenvalue weighted by Gasteiger charge is 2.34. The number of hydrogen-bond donors (Lipinski definition) is 0. The van der Waals surface area contributed by atoms with Crippen LogP contribution in [0.5, 0.6) is 0 Å². The highest BCUT2D eigenvalue weighted by Crippen LogP contribution is 2.34. The standard InChI is InChI=1S/C17H19F3N2O/c1-11(2)15-10-22(16(23)21(15)9-12-7-8-12)14-6-4-3-5-13(14)17(18,19)20/h3-6,10-12H,7-9H2,1-2H3. The zero-order valence-corrected chi connectivity index (χ0v) is 13.1. The number of nitrogens with zero attached hydrogens (tertiary/aromatic N) is 2. The molecule has 1 saturated carbocycles. The molecule has 2 aromatic rings. The van der Waals surface area contributed by atoms with Crippen LogP contribution in [0.25, 0.3) is 5.69 Å². The summed E-state index contributed by atoms with van der Waals surface area (Å²) >= 11 is 0. The van der Waals surface area contributed by atoms with Gasteiger partial charge in [-0.15, -0.1) is 0 Å². The lowest BCUT2D eigenvalue weighted by Gasteiger charge is -2.12. The highest BCUT2D eigenvalue weighted by molar-refractivity contribution is 5.43. The zero-order valence-electron chi connectivity index (χ0n) is 13.1. The van der Waals surface area contributed by atoms with Gasteiger partial charge in [-0.25, -0.2) is 4.79 Å². The van der Waals surface area contributed by atoms with Gasteiger partial charge < -0.3 is 0 Å². The Morgan fingerprint density at radius 2 is 1.87 bits per heavy atom. The maximum atomic E-state index is 13.2. The first-order chi connectivity index (χ1) is 10.8. The Kier molecular flexibility index (Phi) is 3.86. The molecule has 0 amide bonds. The molecule has 0 atom stereocenters. The molecule has 3 nitrogen and oxygen atoms in total. The summed E-state index contributed by atoms with van der Waals surface area (Å²) in [5, 5.41) is 0. The van der Waals surface area contributed by atoms with E-state index in [0.717, 1.165) is 29.2 Å². The van der Waals surface area contributed by atoms with Crippen LogP contribution in [0.1, 0.15) is 43.9 Å². The third-order valence-corrected chi connectivity index (χ3v) is 4.21. The Balaban J connectivity index is 2.16. The van der Waals surface area contributed by atoms with E-state index in [9.17, 15) is 18.0 Å². The van der Waals surface area contributed by atoms with Gasteiger partial charge in [-0.05, 0) is 36.8 Å². The van der Waals surface area contributed by atoms with E-state index in [2.05, 4.69) is 0 Å². The number of halogens is 3. The van der Waals surface area contributed by atoms with Crippen molar-refractivity contribution in [2.45, 2.75) is 45.3 Å². The molecule has 0 bridgehead atoms. The fourth-order valence-corrected chi connectivity index (χ4v) is 2.80. The van der Waals surface area contributed by atoms with E-state index in [1.165, 1.54) is 18.2 Å². The maximum Gasteiger partial charge on any atom is 0.418 e. The number of imidazole rings is 1. The van der Waals surface area contributed by atoms with Crippen molar-refractivity contribution < 1.29 is 13.2 Å². The van der Waals surface area contributed by atoms with Crippen molar-refractivity contribution in [3.8, 4) is 5.69 Å². The Labute approximate surface area is 132 Å². The molecule has 0 unspecified atom stereocenters. The van der Waals surface area contributed by atoms with Crippen molar-refractivity contribution in [1.82, 2.24) is 9.13 Å². The monoisotopic (exact) mass is 324 g/mol. The first-order valence-electron chi connectivity index (χ1n) is 7.77. The van der Waals surface area contributed by atoms with E-state index in [1.807, 2.05) is 13.8 Å². The molecule has 0 aliphatic heterocycles. The van der Waals surface area contributed by atoms with Gasteiger partial charge >= 0.3 is 11.9 Å². The van der Waals surface area contributed by atoms with Crippen LogP contribution in [0.3, 0.4) is 0 Å². The summed E-state index contributed by atoms with van der Waals surface area (Å²) in [7, 11) is 0. The third-order valence-electron chi connectivity index (χ3n) is 4.21. The molecular weight excluding hydrogens is 305 g/mol. The molecule has 0 radical (unpaired) electrons. The van der Waals surface area contributed by atoms with E-state index in [-0.39, 0.29) is 11.6 Å². The van der Waals surface area contributed by atoms with Crippen LogP contribution in [-0.4, -0.2) is 9.13 Å². The highest BCUT2D eigenvalue weighted by atomic mass is 19.4. The fraction of sp³-hybridized carbons (Fsp3) is 0.471. The van der Waals surface area contributed by atoms with Gasteiger partial charge in [0.05, 0.1) is 11.3 Å². The quantitative estimate of drug-likeness (QED) is 0.828. The lowest BCUT2D eigenvalue weighted by Crippen LogP contribution is -2.26. The Morgan fingerprint density at radius 1 is 1.22 bits per heavy atom. The van der Waals surface area contributed by atoms with Crippen LogP contribution in [0, 0.1) is 5.92 Å². The molecule has 124 valence electrons. The molecule has 3 rings (SSSR count). The average molecular weight is 324 g/mol. The van der Waals surface area contributed by atoms with E-state index in [0.29, 0.717) is 12.5 Å². The lowest BCUT2D eigenvalue weighted by atomic mass is 10.1. The first kappa shape index (κ1) is 15.9. The smallest absolute Gasteiger partial charge is 0.295 e. The van der Waals surface area contributed by atoms with Crippen LogP contribution >= 0.6 is 0 Å². The molecule has 0 spiro atoms. The molecule has 23 heavy (non-hydrogen) atoms. The number of aromatic nitrogens is 2. The Hall–Kier alpha value is -1.98. The minimum atomic E-state index is -4.49. The molecule has 1 aromatic carbocycles. The molecule has 0 N–H and O–H groups in total. The first-order valence-corrected chi connectivity index (χ1v) is 7.77. The summed E-state index contributed by atoms with van der Waals surface area (Å²) in [6, 6.07) is 5.21. The van der Waals surface area contributed by atoms with Gasteiger partial charge in [0.15, 0.2) is 0 Å². The minimum absolute atomic E-state index is 0.0701. The van der Waals surface area contributed by atoms with Crippen molar-refractivity contribution in [1.29, 1.82) is 0 Å². The van der Waals surface area contributed by atoms with E-state index < -0.39 is 17.4 Å². The number of rotatable bonds is 4. The second kappa shape index (κ2) is 5.58. The SMILES string of the molecule is CC(C)c1cn(-c2ccccc2C(F)(F)F)c(=O)n1CC1CC1. The maximum absolute atomic E-state index is 13.2. The van der Waals surface area contributed by atoms with Crippen LogP contribution < -0.4 is 5.69 Å². The number of para-hydroxylation sites is 1. The number of benzene rings is 1. The topological polar surface area (TPSA) is 26.9 Å². The average Bonchev–Trinajstić information content (AvgIpc) is 3.23. The predicted octanol–water partition coefficient (Wildman–Crippen LogP) is 4.19. The molecule has 1 fully saturated rings. The molecule has 1 aliphatic rings. The summed E-state index contributed by atoms with van der Waals surface area (Å²) in [5.41, 5.74) is -0.515. The van der Waals surface area contributed by atoms with Crippen molar-refractivity contribution in [3.63, 3.8) is 0 Å². The minimum Gasteiger partial charge on any atom is -0.295 e. The van der Waals surface area contributed by atoms with Crippen molar-refractivity contribution in [2.75, 3.05) is 0 Å². The molecule has 1 aliphatic carbocycles. The summed E-state index contributed by atoms with van der Waals surface area (Å²) in [4.78, 5) is 12.7. The summed E-state index contributed by atoms with van der Waals surface area (Å²) < 4.78 is 42.5. The van der Waals surface area contributed by atoms with Gasteiger partial charge in [0.2, 0.25) is 0 Å². The number of alkyl halides is 3. The van der Waals surface area contributed by atoms with Crippen molar-refractivity contribution in [3.05, 3.63) is 52.2 Å². The van der Waals surface area contributed by atoms with Crippen LogP contribution in [0.15, 0.2) is 35.3 Å². The molecular formula is C17H19F3N2O. The molecule has 1 heterocycles. The lowest BCUT2D eigenvalue weighted by molar-refractivity contribution is -0.137. The van der Waals surface area contributed by atoms with E-state index in [4.69, 9.17) is 0 Å². The largest absolute Gasteiger partial charge is 0.418 e. The van der Waals surface area contributed by atoms with Crippen LogP contribution in [-0.2, 0) is 12.7 Å². The molecule has 1 aromatic heterocycles. The van der Waals surface area contributed by atoms with Gasteiger partial charge in [-0.3, -0.25) is 9.13 Å². The van der Waals surface area contributed by atoms with Crippen LogP contribution in [0.4, 0.5) is 13.2 Å². The normalized spacial score (nSPS) is 15.4. The number of hydrogen-bond acceptors (Lipinski definition) is 1. The third kappa shape index (κ3) is 3.07. The summed E-state index contributed by atoms with van der Waals surface area (Å²) in [6.07, 6.45) is -0.783. The molecule has 6 heteroatoms. The van der Waals surface area contributed by atoms with Gasteiger partial charge in [0.25, 0.3) is 0 Å². The Bertz CT molecular complexity index is 767. The summed E-state index contributed by atoms with van der Waals surface area (Å²) in [5.74, 6) is 0.541. The predicted molar refractivity (Wildman–Crippen MR) is 81.8 cm³/mol. The molecule has 0 saturated heterocycles. The van der Waals surface area contributed by atoms with Gasteiger partial charge in [-0.2, -0.15) is 13.2 Å². The van der Waals surface area contributed by atoms with Gasteiger partial charge in [-0.1, -0.05) is 26.0 Å². The van der Waals surface area contributed by atoms with Gasteiger partial charge in [0, 0.05) is 18.4 Å². The van der Waals surface area contributed by atoms with Gasteiger partial charge in [0.1, 0.15) is 0 Å². The van der Waals surface area contributed by atoms with Crippen molar-refractivity contribution in [2.24, 2.45) is 5.92 Å². The second-order valence-electron chi connectivity index (χ2n) is 6.43.